The molecule has 0 atom stereocenters. The maximum absolute atomic E-state index is 11.0. The van der Waals surface area contributed by atoms with Crippen molar-refractivity contribution in [3.8, 4) is 0 Å². The van der Waals surface area contributed by atoms with Gasteiger partial charge in [0.2, 0.25) is 0 Å². The number of para-hydroxylation sites is 1. The Hall–Kier alpha value is -1.75. The summed E-state index contributed by atoms with van der Waals surface area (Å²) in [7, 11) is 0. The number of carboxylic acid groups (broad SMARTS) is 1. The minimum absolute atomic E-state index is 0.0698. The monoisotopic (exact) mass is 262 g/mol. The zero-order valence-electron chi connectivity index (χ0n) is 10.0. The van der Waals surface area contributed by atoms with Crippen molar-refractivity contribution in [2.24, 2.45) is 0 Å². The lowest BCUT2D eigenvalue weighted by Crippen LogP contribution is -2.07. The third-order valence-corrected chi connectivity index (χ3v) is 3.17. The highest BCUT2D eigenvalue weighted by Gasteiger charge is 2.09. The summed E-state index contributed by atoms with van der Waals surface area (Å²) < 4.78 is 0. The topological polar surface area (TPSA) is 62.2 Å². The summed E-state index contributed by atoms with van der Waals surface area (Å²) in [6, 6.07) is 9.12. The van der Waals surface area contributed by atoms with Crippen molar-refractivity contribution < 1.29 is 9.90 Å². The Morgan fingerprint density at radius 1 is 1.44 bits per heavy atom. The van der Waals surface area contributed by atoms with E-state index in [1.54, 1.807) is 17.8 Å². The lowest BCUT2D eigenvalue weighted by atomic mass is 10.1. The second kappa shape index (κ2) is 5.73. The molecule has 4 nitrogen and oxygen atoms in total. The molecule has 0 saturated carbocycles. The Morgan fingerprint density at radius 2 is 2.22 bits per heavy atom. The first-order chi connectivity index (χ1) is 8.72. The van der Waals surface area contributed by atoms with Crippen LogP contribution in [0.5, 0.6) is 0 Å². The molecule has 2 N–H and O–H groups in total. The van der Waals surface area contributed by atoms with Gasteiger partial charge in [0.25, 0.3) is 0 Å². The molecule has 0 saturated heterocycles. The molecule has 0 unspecified atom stereocenters. The van der Waals surface area contributed by atoms with E-state index in [-0.39, 0.29) is 5.69 Å². The standard InChI is InChI=1S/C13H14N2O2S/c1-18-7-6-14-11-8-12(13(16)17)15-10-5-3-2-4-9(10)11/h2-5,8H,6-7H2,1H3,(H,14,15)(H,16,17). The molecule has 0 aliphatic carbocycles. The fourth-order valence-electron chi connectivity index (χ4n) is 1.72. The van der Waals surface area contributed by atoms with Crippen LogP contribution in [0.3, 0.4) is 0 Å². The number of pyridine rings is 1. The van der Waals surface area contributed by atoms with Gasteiger partial charge >= 0.3 is 5.97 Å². The van der Waals surface area contributed by atoms with Gasteiger partial charge in [-0.25, -0.2) is 9.78 Å². The molecule has 0 fully saturated rings. The maximum atomic E-state index is 11.0. The first-order valence-corrected chi connectivity index (χ1v) is 6.97. The molecule has 2 rings (SSSR count). The second-order valence-corrected chi connectivity index (χ2v) is 4.78. The minimum atomic E-state index is -1.01. The summed E-state index contributed by atoms with van der Waals surface area (Å²) in [6.07, 6.45) is 2.04. The molecule has 0 radical (unpaired) electrons. The van der Waals surface area contributed by atoms with E-state index in [4.69, 9.17) is 5.11 Å². The van der Waals surface area contributed by atoms with E-state index < -0.39 is 5.97 Å². The maximum Gasteiger partial charge on any atom is 0.354 e. The van der Waals surface area contributed by atoms with E-state index in [0.29, 0.717) is 5.52 Å². The molecule has 0 amide bonds. The minimum Gasteiger partial charge on any atom is -0.477 e. The van der Waals surface area contributed by atoms with E-state index in [1.165, 1.54) is 0 Å². The van der Waals surface area contributed by atoms with Crippen LogP contribution in [0.4, 0.5) is 5.69 Å². The highest BCUT2D eigenvalue weighted by Crippen LogP contribution is 2.23. The summed E-state index contributed by atoms with van der Waals surface area (Å²) in [5.74, 6) is -0.0346. The molecular formula is C13H14N2O2S. The number of anilines is 1. The number of aromatic nitrogens is 1. The van der Waals surface area contributed by atoms with Crippen molar-refractivity contribution in [2.75, 3.05) is 23.9 Å². The summed E-state index contributed by atoms with van der Waals surface area (Å²) in [4.78, 5) is 15.2. The van der Waals surface area contributed by atoms with Gasteiger partial charge < -0.3 is 10.4 Å². The number of hydrogen-bond donors (Lipinski definition) is 2. The van der Waals surface area contributed by atoms with Gasteiger partial charge in [-0.15, -0.1) is 0 Å². The van der Waals surface area contributed by atoms with Gasteiger partial charge in [0.05, 0.1) is 5.52 Å². The van der Waals surface area contributed by atoms with Crippen LogP contribution in [0.1, 0.15) is 10.5 Å². The van der Waals surface area contributed by atoms with Crippen LogP contribution < -0.4 is 5.32 Å². The molecule has 0 bridgehead atoms. The second-order valence-electron chi connectivity index (χ2n) is 3.80. The summed E-state index contributed by atoms with van der Waals surface area (Å²) in [5.41, 5.74) is 1.59. The van der Waals surface area contributed by atoms with Crippen LogP contribution in [0, 0.1) is 0 Å². The Labute approximate surface area is 109 Å². The fourth-order valence-corrected chi connectivity index (χ4v) is 2.03. The highest BCUT2D eigenvalue weighted by atomic mass is 32.2. The first-order valence-electron chi connectivity index (χ1n) is 5.58. The quantitative estimate of drug-likeness (QED) is 0.811. The largest absolute Gasteiger partial charge is 0.477 e. The Bertz CT molecular complexity index is 572. The Balaban J connectivity index is 2.43. The van der Waals surface area contributed by atoms with Crippen molar-refractivity contribution in [3.05, 3.63) is 36.0 Å². The number of hydrogen-bond acceptors (Lipinski definition) is 4. The van der Waals surface area contributed by atoms with Gasteiger partial charge in [-0.2, -0.15) is 11.8 Å². The van der Waals surface area contributed by atoms with Crippen molar-refractivity contribution in [3.63, 3.8) is 0 Å². The SMILES string of the molecule is CSCCNc1cc(C(=O)O)nc2ccccc12. The van der Waals surface area contributed by atoms with Crippen LogP contribution in [0.15, 0.2) is 30.3 Å². The summed E-state index contributed by atoms with van der Waals surface area (Å²) in [6.45, 7) is 0.800. The molecule has 1 heterocycles. The van der Waals surface area contributed by atoms with Crippen LogP contribution >= 0.6 is 11.8 Å². The van der Waals surface area contributed by atoms with E-state index in [9.17, 15) is 4.79 Å². The normalized spacial score (nSPS) is 10.5. The molecule has 5 heteroatoms. The van der Waals surface area contributed by atoms with Gasteiger partial charge in [-0.3, -0.25) is 0 Å². The number of fused-ring (bicyclic) bond motifs is 1. The van der Waals surface area contributed by atoms with Gasteiger partial charge in [0, 0.05) is 23.4 Å². The molecular weight excluding hydrogens is 248 g/mol. The van der Waals surface area contributed by atoms with E-state index in [1.807, 2.05) is 30.5 Å². The average molecular weight is 262 g/mol. The van der Waals surface area contributed by atoms with Gasteiger partial charge in [-0.1, -0.05) is 18.2 Å². The van der Waals surface area contributed by atoms with Crippen LogP contribution in [0.25, 0.3) is 10.9 Å². The number of nitrogens with one attached hydrogen (secondary N) is 1. The smallest absolute Gasteiger partial charge is 0.354 e. The molecule has 0 aliphatic rings. The van der Waals surface area contributed by atoms with Crippen LogP contribution in [-0.4, -0.2) is 34.6 Å². The molecule has 1 aromatic heterocycles. The average Bonchev–Trinajstić information content (AvgIpc) is 2.38. The molecule has 0 spiro atoms. The number of aromatic carboxylic acids is 1. The third kappa shape index (κ3) is 2.73. The van der Waals surface area contributed by atoms with E-state index >= 15 is 0 Å². The van der Waals surface area contributed by atoms with Crippen molar-refractivity contribution in [1.82, 2.24) is 4.98 Å². The van der Waals surface area contributed by atoms with Crippen LogP contribution in [-0.2, 0) is 0 Å². The van der Waals surface area contributed by atoms with Gasteiger partial charge in [-0.05, 0) is 18.4 Å². The predicted octanol–water partition coefficient (Wildman–Crippen LogP) is 2.71. The number of thioether (sulfide) groups is 1. The van der Waals surface area contributed by atoms with Crippen molar-refractivity contribution >= 4 is 34.3 Å². The highest BCUT2D eigenvalue weighted by molar-refractivity contribution is 7.98. The lowest BCUT2D eigenvalue weighted by molar-refractivity contribution is 0.0691. The van der Waals surface area contributed by atoms with Gasteiger partial charge in [0.15, 0.2) is 5.69 Å². The molecule has 18 heavy (non-hydrogen) atoms. The number of nitrogens with zero attached hydrogens (tertiary/aromatic N) is 1. The Morgan fingerprint density at radius 3 is 2.94 bits per heavy atom. The third-order valence-electron chi connectivity index (χ3n) is 2.56. The zero-order valence-corrected chi connectivity index (χ0v) is 10.8. The van der Waals surface area contributed by atoms with Crippen LogP contribution in [0.2, 0.25) is 0 Å². The van der Waals surface area contributed by atoms with E-state index in [0.717, 1.165) is 23.4 Å². The molecule has 2 aromatic rings. The van der Waals surface area contributed by atoms with Crippen molar-refractivity contribution in [1.29, 1.82) is 0 Å². The number of carboxylic acids is 1. The first kappa shape index (κ1) is 12.7. The molecule has 94 valence electrons. The number of benzene rings is 1. The van der Waals surface area contributed by atoms with Gasteiger partial charge in [0.1, 0.15) is 0 Å². The van der Waals surface area contributed by atoms with E-state index in [2.05, 4.69) is 10.3 Å². The number of carbonyl (C=O) groups is 1. The number of rotatable bonds is 5. The predicted molar refractivity (Wildman–Crippen MR) is 75.6 cm³/mol. The molecule has 1 aromatic carbocycles. The lowest BCUT2D eigenvalue weighted by Gasteiger charge is -2.10. The Kier molecular flexibility index (Phi) is 4.04. The van der Waals surface area contributed by atoms with Crippen molar-refractivity contribution in [2.45, 2.75) is 0 Å². The summed E-state index contributed by atoms with van der Waals surface area (Å²) >= 11 is 1.74. The fraction of sp³-hybridized carbons (Fsp3) is 0.231. The summed E-state index contributed by atoms with van der Waals surface area (Å²) in [5, 5.41) is 13.3. The molecule has 0 aliphatic heterocycles. The zero-order chi connectivity index (χ0) is 13.0.